The molecule has 0 spiro atoms. The lowest BCUT2D eigenvalue weighted by molar-refractivity contribution is 0.143. The van der Waals surface area contributed by atoms with Crippen molar-refractivity contribution in [3.63, 3.8) is 0 Å². The van der Waals surface area contributed by atoms with Crippen LogP contribution in [0.5, 0.6) is 0 Å². The fourth-order valence-electron chi connectivity index (χ4n) is 4.41. The Morgan fingerprint density at radius 2 is 1.65 bits per heavy atom. The monoisotopic (exact) mass is 453 g/mol. The first kappa shape index (κ1) is 21.5. The molecule has 1 heterocycles. The van der Waals surface area contributed by atoms with Crippen LogP contribution in [0, 0.1) is 0 Å². The number of hydrogen-bond acceptors (Lipinski definition) is 4. The number of H-pyrrole nitrogens is 2. The molecular formula is C27H23N3O4. The third-order valence-corrected chi connectivity index (χ3v) is 6.00. The molecule has 7 heteroatoms. The van der Waals surface area contributed by atoms with Crippen molar-refractivity contribution in [3.8, 4) is 11.1 Å². The van der Waals surface area contributed by atoms with Gasteiger partial charge in [-0.15, -0.1) is 0 Å². The minimum atomic E-state index is -0.528. The number of amides is 1. The summed E-state index contributed by atoms with van der Waals surface area (Å²) in [7, 11) is 0. The van der Waals surface area contributed by atoms with Crippen LogP contribution >= 0.6 is 0 Å². The molecule has 0 atom stereocenters. The maximum Gasteiger partial charge on any atom is 0.407 e. The Kier molecular flexibility index (Phi) is 5.82. The number of fused-ring (bicyclic) bond motifs is 4. The molecule has 0 saturated heterocycles. The smallest absolute Gasteiger partial charge is 0.407 e. The van der Waals surface area contributed by atoms with E-state index in [1.165, 1.54) is 22.3 Å². The van der Waals surface area contributed by atoms with Gasteiger partial charge in [-0.1, -0.05) is 66.7 Å². The fraction of sp³-hybridized carbons (Fsp3) is 0.148. The minimum absolute atomic E-state index is 0.0315. The molecule has 0 saturated carbocycles. The highest BCUT2D eigenvalue weighted by Gasteiger charge is 2.28. The van der Waals surface area contributed by atoms with Gasteiger partial charge >= 0.3 is 11.8 Å². The van der Waals surface area contributed by atoms with Gasteiger partial charge in [-0.2, -0.15) is 0 Å². The van der Waals surface area contributed by atoms with Crippen LogP contribution in [0.2, 0.25) is 0 Å². The topological polar surface area (TPSA) is 104 Å². The Morgan fingerprint density at radius 3 is 2.38 bits per heavy atom. The van der Waals surface area contributed by atoms with Gasteiger partial charge in [0.05, 0.1) is 10.9 Å². The number of ether oxygens (including phenoxy) is 1. The molecule has 1 amide bonds. The van der Waals surface area contributed by atoms with E-state index in [0.29, 0.717) is 23.9 Å². The van der Waals surface area contributed by atoms with Gasteiger partial charge in [-0.25, -0.2) is 9.59 Å². The molecule has 34 heavy (non-hydrogen) atoms. The number of aromatic amines is 2. The van der Waals surface area contributed by atoms with Crippen LogP contribution in [0.3, 0.4) is 0 Å². The number of carbonyl (C=O) groups is 1. The van der Waals surface area contributed by atoms with E-state index in [1.807, 2.05) is 42.5 Å². The van der Waals surface area contributed by atoms with Gasteiger partial charge in [0.1, 0.15) is 6.61 Å². The van der Waals surface area contributed by atoms with Crippen LogP contribution < -0.4 is 16.6 Å². The van der Waals surface area contributed by atoms with Crippen LogP contribution in [-0.4, -0.2) is 29.2 Å². The third-order valence-electron chi connectivity index (χ3n) is 6.00. The van der Waals surface area contributed by atoms with E-state index >= 15 is 0 Å². The minimum Gasteiger partial charge on any atom is -0.449 e. The van der Waals surface area contributed by atoms with Gasteiger partial charge in [0.25, 0.3) is 5.56 Å². The maximum absolute atomic E-state index is 12.2. The average molecular weight is 453 g/mol. The van der Waals surface area contributed by atoms with Crippen molar-refractivity contribution in [2.75, 3.05) is 13.2 Å². The molecule has 3 aromatic carbocycles. The Labute approximate surface area is 195 Å². The first-order chi connectivity index (χ1) is 16.6. The van der Waals surface area contributed by atoms with Gasteiger partial charge in [-0.3, -0.25) is 9.78 Å². The van der Waals surface area contributed by atoms with Crippen molar-refractivity contribution in [2.24, 2.45) is 0 Å². The van der Waals surface area contributed by atoms with Crippen LogP contribution in [0.25, 0.3) is 28.1 Å². The number of alkyl carbamates (subject to hydrolysis) is 1. The zero-order chi connectivity index (χ0) is 23.5. The van der Waals surface area contributed by atoms with Gasteiger partial charge in [0.15, 0.2) is 0 Å². The molecule has 0 unspecified atom stereocenters. The lowest BCUT2D eigenvalue weighted by Crippen LogP contribution is -2.26. The van der Waals surface area contributed by atoms with Crippen molar-refractivity contribution in [1.82, 2.24) is 15.3 Å². The third kappa shape index (κ3) is 4.28. The molecule has 1 aromatic heterocycles. The molecule has 7 nitrogen and oxygen atoms in total. The molecular weight excluding hydrogens is 430 g/mol. The zero-order valence-electron chi connectivity index (χ0n) is 18.3. The van der Waals surface area contributed by atoms with Crippen LogP contribution in [0.1, 0.15) is 29.0 Å². The normalized spacial score (nSPS) is 12.6. The standard InChI is InChI=1S/C27H23N3O4/c31-25-22-15-17(12-13-24(22)29-26(32)30-25)7-5-6-14-28-27(33)34-16-23-20-10-3-1-8-18(20)19-9-2-4-11-21(19)23/h1-5,7-13,15,23H,6,14,16H2,(H,28,33)(H2,29,30,31,32). The van der Waals surface area contributed by atoms with Crippen LogP contribution in [0.15, 0.2) is 82.4 Å². The Balaban J connectivity index is 1.14. The molecule has 170 valence electrons. The first-order valence-electron chi connectivity index (χ1n) is 11.1. The number of rotatable bonds is 6. The van der Waals surface area contributed by atoms with E-state index < -0.39 is 17.3 Å². The molecule has 5 rings (SSSR count). The number of carbonyl (C=O) groups excluding carboxylic acids is 1. The van der Waals surface area contributed by atoms with E-state index in [-0.39, 0.29) is 12.5 Å². The summed E-state index contributed by atoms with van der Waals surface area (Å²) >= 11 is 0. The highest BCUT2D eigenvalue weighted by molar-refractivity contribution is 5.80. The highest BCUT2D eigenvalue weighted by atomic mass is 16.5. The summed E-state index contributed by atoms with van der Waals surface area (Å²) in [6.07, 6.45) is 3.93. The second-order valence-corrected chi connectivity index (χ2v) is 8.16. The molecule has 4 aromatic rings. The molecule has 0 radical (unpaired) electrons. The first-order valence-corrected chi connectivity index (χ1v) is 11.1. The van der Waals surface area contributed by atoms with Crippen molar-refractivity contribution in [2.45, 2.75) is 12.3 Å². The summed E-state index contributed by atoms with van der Waals surface area (Å²) in [5.41, 5.74) is 5.11. The van der Waals surface area contributed by atoms with Gasteiger partial charge < -0.3 is 15.0 Å². The molecule has 3 N–H and O–H groups in total. The van der Waals surface area contributed by atoms with Crippen molar-refractivity contribution in [3.05, 3.63) is 110 Å². The van der Waals surface area contributed by atoms with E-state index in [2.05, 4.69) is 39.6 Å². The second kappa shape index (κ2) is 9.23. The summed E-state index contributed by atoms with van der Waals surface area (Å²) in [6.45, 7) is 0.706. The van der Waals surface area contributed by atoms with E-state index in [9.17, 15) is 14.4 Å². The highest BCUT2D eigenvalue weighted by Crippen LogP contribution is 2.44. The molecule has 0 bridgehead atoms. The Bertz CT molecular complexity index is 1470. The van der Waals surface area contributed by atoms with E-state index in [4.69, 9.17) is 4.74 Å². The van der Waals surface area contributed by atoms with E-state index in [1.54, 1.807) is 12.1 Å². The summed E-state index contributed by atoms with van der Waals surface area (Å²) in [6, 6.07) is 21.7. The summed E-state index contributed by atoms with van der Waals surface area (Å²) in [5.74, 6) is 0.0315. The van der Waals surface area contributed by atoms with Crippen molar-refractivity contribution >= 4 is 23.1 Å². The molecule has 0 aliphatic heterocycles. The lowest BCUT2D eigenvalue weighted by Gasteiger charge is -2.14. The predicted molar refractivity (Wildman–Crippen MR) is 132 cm³/mol. The number of hydrogen-bond donors (Lipinski definition) is 3. The van der Waals surface area contributed by atoms with Crippen LogP contribution in [-0.2, 0) is 4.74 Å². The Hall–Kier alpha value is -4.39. The quantitative estimate of drug-likeness (QED) is 0.381. The fourth-order valence-corrected chi connectivity index (χ4v) is 4.41. The number of nitrogens with one attached hydrogen (secondary N) is 3. The number of aromatic nitrogens is 2. The molecule has 1 aliphatic rings. The molecule has 1 aliphatic carbocycles. The zero-order valence-corrected chi connectivity index (χ0v) is 18.3. The van der Waals surface area contributed by atoms with Gasteiger partial charge in [-0.05, 0) is 46.4 Å². The largest absolute Gasteiger partial charge is 0.449 e. The lowest BCUT2D eigenvalue weighted by atomic mass is 9.98. The predicted octanol–water partition coefficient (Wildman–Crippen LogP) is 4.16. The summed E-state index contributed by atoms with van der Waals surface area (Å²) in [5, 5.41) is 3.19. The SMILES string of the molecule is O=C(NCCC=Cc1ccc2[nH]c(=O)[nH]c(=O)c2c1)OCC1c2ccccc2-c2ccccc21. The van der Waals surface area contributed by atoms with Crippen molar-refractivity contribution < 1.29 is 9.53 Å². The summed E-state index contributed by atoms with van der Waals surface area (Å²) in [4.78, 5) is 40.3. The van der Waals surface area contributed by atoms with Crippen LogP contribution in [0.4, 0.5) is 4.79 Å². The molecule has 0 fully saturated rings. The van der Waals surface area contributed by atoms with Crippen molar-refractivity contribution in [1.29, 1.82) is 0 Å². The van der Waals surface area contributed by atoms with Gasteiger partial charge in [0, 0.05) is 12.5 Å². The average Bonchev–Trinajstić information content (AvgIpc) is 3.16. The van der Waals surface area contributed by atoms with E-state index in [0.717, 1.165) is 5.56 Å². The number of benzene rings is 3. The Morgan fingerprint density at radius 1 is 0.941 bits per heavy atom. The summed E-state index contributed by atoms with van der Waals surface area (Å²) < 4.78 is 5.53. The second-order valence-electron chi connectivity index (χ2n) is 8.16. The van der Waals surface area contributed by atoms with Gasteiger partial charge in [0.2, 0.25) is 0 Å². The maximum atomic E-state index is 12.2.